The molecule has 2 rings (SSSR count). The molecule has 0 amide bonds. The molecule has 0 aliphatic heterocycles. The normalized spacial score (nSPS) is 12.0. The van der Waals surface area contributed by atoms with Crippen molar-refractivity contribution in [2.24, 2.45) is 5.73 Å². The van der Waals surface area contributed by atoms with Gasteiger partial charge in [0.2, 0.25) is 0 Å². The molecule has 1 unspecified atom stereocenters. The van der Waals surface area contributed by atoms with E-state index < -0.39 is 0 Å². The van der Waals surface area contributed by atoms with Gasteiger partial charge in [0, 0.05) is 22.2 Å². The average Bonchev–Trinajstić information content (AvgIpc) is 2.50. The van der Waals surface area contributed by atoms with Gasteiger partial charge in [-0.25, -0.2) is 0 Å². The van der Waals surface area contributed by atoms with Gasteiger partial charge >= 0.3 is 0 Å². The molecule has 0 aliphatic rings. The van der Waals surface area contributed by atoms with Gasteiger partial charge in [0.05, 0.1) is 14.2 Å². The van der Waals surface area contributed by atoms with E-state index in [9.17, 15) is 0 Å². The van der Waals surface area contributed by atoms with Gasteiger partial charge in [0.1, 0.15) is 11.5 Å². The third kappa shape index (κ3) is 4.03. The van der Waals surface area contributed by atoms with Crippen LogP contribution in [0.5, 0.6) is 11.5 Å². The SMILES string of the molecule is COc1cc(OC)cc(C(N)Cc2cc(Cl)ccc2Cl)c1. The highest BCUT2D eigenvalue weighted by molar-refractivity contribution is 6.33. The van der Waals surface area contributed by atoms with Crippen LogP contribution in [0.4, 0.5) is 0 Å². The highest BCUT2D eigenvalue weighted by Gasteiger charge is 2.13. The number of methoxy groups -OCH3 is 2. The third-order valence-corrected chi connectivity index (χ3v) is 3.85. The second kappa shape index (κ2) is 7.03. The van der Waals surface area contributed by atoms with Gasteiger partial charge in [-0.2, -0.15) is 0 Å². The number of rotatable bonds is 5. The summed E-state index contributed by atoms with van der Waals surface area (Å²) in [5.74, 6) is 1.41. The summed E-state index contributed by atoms with van der Waals surface area (Å²) in [4.78, 5) is 0. The maximum Gasteiger partial charge on any atom is 0.122 e. The summed E-state index contributed by atoms with van der Waals surface area (Å²) < 4.78 is 10.5. The van der Waals surface area contributed by atoms with E-state index in [1.807, 2.05) is 24.3 Å². The molecule has 1 atom stereocenters. The molecule has 0 heterocycles. The van der Waals surface area contributed by atoms with Crippen molar-refractivity contribution in [1.29, 1.82) is 0 Å². The fourth-order valence-electron chi connectivity index (χ4n) is 2.10. The van der Waals surface area contributed by atoms with Crippen molar-refractivity contribution in [3.05, 3.63) is 57.6 Å². The first-order valence-corrected chi connectivity index (χ1v) is 7.21. The number of benzene rings is 2. The van der Waals surface area contributed by atoms with Crippen LogP contribution >= 0.6 is 23.2 Å². The zero-order valence-electron chi connectivity index (χ0n) is 11.9. The minimum absolute atomic E-state index is 0.232. The van der Waals surface area contributed by atoms with E-state index in [2.05, 4.69) is 0 Å². The second-order valence-electron chi connectivity index (χ2n) is 4.69. The minimum atomic E-state index is -0.232. The molecule has 0 fully saturated rings. The lowest BCUT2D eigenvalue weighted by Gasteiger charge is -2.16. The standard InChI is InChI=1S/C16H17Cl2NO2/c1-20-13-6-11(7-14(9-13)21-2)16(19)8-10-5-12(17)3-4-15(10)18/h3-7,9,16H,8,19H2,1-2H3. The largest absolute Gasteiger partial charge is 0.497 e. The molecular weight excluding hydrogens is 309 g/mol. The summed E-state index contributed by atoms with van der Waals surface area (Å²) >= 11 is 12.2. The molecular formula is C16H17Cl2NO2. The van der Waals surface area contributed by atoms with Crippen LogP contribution in [-0.4, -0.2) is 14.2 Å². The zero-order valence-corrected chi connectivity index (χ0v) is 13.4. The number of hydrogen-bond donors (Lipinski definition) is 1. The Morgan fingerprint density at radius 2 is 1.62 bits per heavy atom. The van der Waals surface area contributed by atoms with Crippen LogP contribution in [0.3, 0.4) is 0 Å². The fraction of sp³-hybridized carbons (Fsp3) is 0.250. The van der Waals surface area contributed by atoms with Gasteiger partial charge in [0.25, 0.3) is 0 Å². The molecule has 3 nitrogen and oxygen atoms in total. The second-order valence-corrected chi connectivity index (χ2v) is 5.54. The van der Waals surface area contributed by atoms with Gasteiger partial charge in [-0.3, -0.25) is 0 Å². The first-order valence-electron chi connectivity index (χ1n) is 6.46. The fourth-order valence-corrected chi connectivity index (χ4v) is 2.49. The molecule has 2 aromatic carbocycles. The molecule has 0 aromatic heterocycles. The van der Waals surface area contributed by atoms with E-state index in [1.165, 1.54) is 0 Å². The first-order chi connectivity index (χ1) is 10.0. The molecule has 0 saturated carbocycles. The Labute approximate surface area is 134 Å². The third-order valence-electron chi connectivity index (χ3n) is 3.25. The topological polar surface area (TPSA) is 44.5 Å². The van der Waals surface area contributed by atoms with E-state index in [0.717, 1.165) is 11.1 Å². The Balaban J connectivity index is 2.27. The quantitative estimate of drug-likeness (QED) is 0.893. The monoisotopic (exact) mass is 325 g/mol. The molecule has 0 bridgehead atoms. The van der Waals surface area contributed by atoms with Crippen molar-refractivity contribution in [3.8, 4) is 11.5 Å². The predicted molar refractivity (Wildman–Crippen MR) is 86.6 cm³/mol. The number of nitrogens with two attached hydrogens (primary N) is 1. The molecule has 2 aromatic rings. The lowest BCUT2D eigenvalue weighted by atomic mass is 9.99. The molecule has 5 heteroatoms. The van der Waals surface area contributed by atoms with Crippen LogP contribution in [0, 0.1) is 0 Å². The lowest BCUT2D eigenvalue weighted by molar-refractivity contribution is 0.392. The van der Waals surface area contributed by atoms with E-state index in [0.29, 0.717) is 28.0 Å². The van der Waals surface area contributed by atoms with Gasteiger partial charge in [0.15, 0.2) is 0 Å². The van der Waals surface area contributed by atoms with E-state index >= 15 is 0 Å². The van der Waals surface area contributed by atoms with Crippen LogP contribution in [0.1, 0.15) is 17.2 Å². The summed E-state index contributed by atoms with van der Waals surface area (Å²) in [5.41, 5.74) is 8.11. The number of hydrogen-bond acceptors (Lipinski definition) is 3. The van der Waals surface area contributed by atoms with Crippen LogP contribution in [0.25, 0.3) is 0 Å². The van der Waals surface area contributed by atoms with Crippen molar-refractivity contribution in [2.45, 2.75) is 12.5 Å². The number of halogens is 2. The molecule has 0 saturated heterocycles. The van der Waals surface area contributed by atoms with Gasteiger partial charge in [-0.05, 0) is 47.9 Å². The Bertz CT molecular complexity index is 609. The lowest BCUT2D eigenvalue weighted by Crippen LogP contribution is -2.14. The smallest absolute Gasteiger partial charge is 0.122 e. The predicted octanol–water partition coefficient (Wildman–Crippen LogP) is 4.25. The van der Waals surface area contributed by atoms with Gasteiger partial charge < -0.3 is 15.2 Å². The van der Waals surface area contributed by atoms with Crippen LogP contribution < -0.4 is 15.2 Å². The summed E-state index contributed by atoms with van der Waals surface area (Å²) in [6.45, 7) is 0. The van der Waals surface area contributed by atoms with Crippen molar-refractivity contribution in [3.63, 3.8) is 0 Å². The average molecular weight is 326 g/mol. The molecule has 21 heavy (non-hydrogen) atoms. The van der Waals surface area contributed by atoms with Crippen LogP contribution in [0.2, 0.25) is 10.0 Å². The molecule has 0 aliphatic carbocycles. The van der Waals surface area contributed by atoms with Crippen molar-refractivity contribution >= 4 is 23.2 Å². The highest BCUT2D eigenvalue weighted by Crippen LogP contribution is 2.29. The first kappa shape index (κ1) is 16.0. The summed E-state index contributed by atoms with van der Waals surface area (Å²) in [6, 6.07) is 10.7. The summed E-state index contributed by atoms with van der Waals surface area (Å²) in [6.07, 6.45) is 0.579. The summed E-state index contributed by atoms with van der Waals surface area (Å²) in [5, 5.41) is 1.30. The maximum atomic E-state index is 6.28. The molecule has 0 spiro atoms. The Morgan fingerprint density at radius 3 is 2.19 bits per heavy atom. The Morgan fingerprint density at radius 1 is 1.00 bits per heavy atom. The molecule has 112 valence electrons. The van der Waals surface area contributed by atoms with E-state index in [4.69, 9.17) is 38.4 Å². The zero-order chi connectivity index (χ0) is 15.4. The van der Waals surface area contributed by atoms with Crippen molar-refractivity contribution in [2.75, 3.05) is 14.2 Å². The maximum absolute atomic E-state index is 6.28. The number of ether oxygens (including phenoxy) is 2. The molecule has 2 N–H and O–H groups in total. The molecule has 0 radical (unpaired) electrons. The van der Waals surface area contributed by atoms with Crippen molar-refractivity contribution < 1.29 is 9.47 Å². The minimum Gasteiger partial charge on any atom is -0.497 e. The van der Waals surface area contributed by atoms with E-state index in [1.54, 1.807) is 26.4 Å². The van der Waals surface area contributed by atoms with Crippen molar-refractivity contribution in [1.82, 2.24) is 0 Å². The van der Waals surface area contributed by atoms with Crippen LogP contribution in [-0.2, 0) is 6.42 Å². The van der Waals surface area contributed by atoms with Crippen LogP contribution in [0.15, 0.2) is 36.4 Å². The van der Waals surface area contributed by atoms with Gasteiger partial charge in [-0.1, -0.05) is 23.2 Å². The Kier molecular flexibility index (Phi) is 5.34. The summed E-state index contributed by atoms with van der Waals surface area (Å²) in [7, 11) is 3.22. The highest BCUT2D eigenvalue weighted by atomic mass is 35.5. The van der Waals surface area contributed by atoms with Gasteiger partial charge in [-0.15, -0.1) is 0 Å². The van der Waals surface area contributed by atoms with E-state index in [-0.39, 0.29) is 6.04 Å². The Hall–Kier alpha value is -1.42.